The normalized spacial score (nSPS) is 12.3. The predicted octanol–water partition coefficient (Wildman–Crippen LogP) is 4.61. The molecule has 1 atom stereocenters. The molecular weight excluding hydrogens is 332 g/mol. The number of ether oxygens (including phenoxy) is 1. The van der Waals surface area contributed by atoms with Crippen LogP contribution in [-0.2, 0) is 10.2 Å². The summed E-state index contributed by atoms with van der Waals surface area (Å²) in [5, 5.41) is 13.6. The Hall–Kier alpha value is -2.89. The summed E-state index contributed by atoms with van der Waals surface area (Å²) in [6.45, 7) is 9.79. The van der Waals surface area contributed by atoms with Crippen LogP contribution in [0.25, 0.3) is 0 Å². The van der Waals surface area contributed by atoms with E-state index in [4.69, 9.17) is 4.74 Å². The monoisotopic (exact) mass is 356 g/mol. The molecule has 0 heterocycles. The average molecular weight is 356 g/mol. The SMILES string of the molecule is Cc1ccc([N+](=O)[O-])cc1NC(=O)C(C)Oc1ccc(C(C)(C)C)cc1. The molecule has 0 saturated carbocycles. The maximum absolute atomic E-state index is 12.4. The second kappa shape index (κ2) is 7.56. The third-order valence-electron chi connectivity index (χ3n) is 4.09. The largest absolute Gasteiger partial charge is 0.481 e. The molecule has 1 N–H and O–H groups in total. The van der Waals surface area contributed by atoms with Gasteiger partial charge < -0.3 is 10.1 Å². The van der Waals surface area contributed by atoms with Crippen molar-refractivity contribution in [2.45, 2.75) is 46.1 Å². The molecule has 0 aromatic heterocycles. The number of amides is 1. The summed E-state index contributed by atoms with van der Waals surface area (Å²) < 4.78 is 5.69. The van der Waals surface area contributed by atoms with Crippen LogP contribution in [0.15, 0.2) is 42.5 Å². The number of nitro benzene ring substituents is 1. The van der Waals surface area contributed by atoms with E-state index in [9.17, 15) is 14.9 Å². The molecule has 26 heavy (non-hydrogen) atoms. The number of non-ortho nitro benzene ring substituents is 1. The fourth-order valence-corrected chi connectivity index (χ4v) is 2.38. The first-order valence-electron chi connectivity index (χ1n) is 8.41. The second-order valence-corrected chi connectivity index (χ2v) is 7.28. The van der Waals surface area contributed by atoms with Gasteiger partial charge in [-0.3, -0.25) is 14.9 Å². The molecule has 1 unspecified atom stereocenters. The molecule has 0 aliphatic carbocycles. The van der Waals surface area contributed by atoms with Gasteiger partial charge in [0.1, 0.15) is 5.75 Å². The van der Waals surface area contributed by atoms with Gasteiger partial charge in [0.25, 0.3) is 11.6 Å². The van der Waals surface area contributed by atoms with Gasteiger partial charge >= 0.3 is 0 Å². The van der Waals surface area contributed by atoms with Crippen LogP contribution >= 0.6 is 0 Å². The minimum absolute atomic E-state index is 0.0427. The lowest BCUT2D eigenvalue weighted by Crippen LogP contribution is -2.30. The van der Waals surface area contributed by atoms with E-state index in [2.05, 4.69) is 26.1 Å². The summed E-state index contributed by atoms with van der Waals surface area (Å²) in [7, 11) is 0. The molecule has 0 radical (unpaired) electrons. The lowest BCUT2D eigenvalue weighted by molar-refractivity contribution is -0.384. The summed E-state index contributed by atoms with van der Waals surface area (Å²) in [6.07, 6.45) is -0.742. The van der Waals surface area contributed by atoms with Crippen LogP contribution < -0.4 is 10.1 Å². The average Bonchev–Trinajstić information content (AvgIpc) is 2.56. The summed E-state index contributed by atoms with van der Waals surface area (Å²) >= 11 is 0. The van der Waals surface area contributed by atoms with E-state index in [1.807, 2.05) is 24.3 Å². The van der Waals surface area contributed by atoms with Gasteiger partial charge in [-0.05, 0) is 42.5 Å². The molecule has 2 aromatic carbocycles. The van der Waals surface area contributed by atoms with Crippen LogP contribution in [-0.4, -0.2) is 16.9 Å². The van der Waals surface area contributed by atoms with Crippen molar-refractivity contribution in [3.8, 4) is 5.75 Å². The topological polar surface area (TPSA) is 81.5 Å². The van der Waals surface area contributed by atoms with E-state index in [0.29, 0.717) is 11.4 Å². The van der Waals surface area contributed by atoms with Crippen LogP contribution in [0.1, 0.15) is 38.8 Å². The van der Waals surface area contributed by atoms with Crippen LogP contribution in [0.2, 0.25) is 0 Å². The zero-order valence-corrected chi connectivity index (χ0v) is 15.7. The van der Waals surface area contributed by atoms with Gasteiger partial charge in [-0.25, -0.2) is 0 Å². The van der Waals surface area contributed by atoms with Crippen molar-refractivity contribution in [1.29, 1.82) is 0 Å². The number of carbonyl (C=O) groups excluding carboxylic acids is 1. The molecule has 0 spiro atoms. The molecule has 0 fully saturated rings. The Morgan fingerprint density at radius 1 is 1.15 bits per heavy atom. The molecular formula is C20H24N2O4. The molecule has 6 heteroatoms. The summed E-state index contributed by atoms with van der Waals surface area (Å²) in [5.74, 6) is 0.227. The predicted molar refractivity (Wildman–Crippen MR) is 102 cm³/mol. The minimum Gasteiger partial charge on any atom is -0.481 e. The van der Waals surface area contributed by atoms with Gasteiger partial charge in [-0.15, -0.1) is 0 Å². The number of nitrogens with zero attached hydrogens (tertiary/aromatic N) is 1. The summed E-state index contributed by atoms with van der Waals surface area (Å²) in [6, 6.07) is 12.0. The summed E-state index contributed by atoms with van der Waals surface area (Å²) in [5.41, 5.74) is 2.29. The van der Waals surface area contributed by atoms with Crippen LogP contribution in [0.5, 0.6) is 5.75 Å². The number of anilines is 1. The van der Waals surface area contributed by atoms with E-state index in [1.165, 1.54) is 17.7 Å². The van der Waals surface area contributed by atoms with E-state index in [1.54, 1.807) is 19.9 Å². The smallest absolute Gasteiger partial charge is 0.271 e. The molecule has 138 valence electrons. The van der Waals surface area contributed by atoms with Gasteiger partial charge in [0.2, 0.25) is 0 Å². The van der Waals surface area contributed by atoms with Crippen LogP contribution in [0, 0.1) is 17.0 Å². The minimum atomic E-state index is -0.742. The number of benzene rings is 2. The van der Waals surface area contributed by atoms with Crippen molar-refractivity contribution in [3.63, 3.8) is 0 Å². The Kier molecular flexibility index (Phi) is 5.65. The molecule has 2 rings (SSSR count). The molecule has 0 saturated heterocycles. The first kappa shape index (κ1) is 19.4. The Labute approximate surface area is 153 Å². The molecule has 0 bridgehead atoms. The second-order valence-electron chi connectivity index (χ2n) is 7.28. The number of nitrogens with one attached hydrogen (secondary N) is 1. The first-order valence-corrected chi connectivity index (χ1v) is 8.41. The van der Waals surface area contributed by atoms with E-state index < -0.39 is 11.0 Å². The number of rotatable bonds is 5. The molecule has 2 aromatic rings. The zero-order chi connectivity index (χ0) is 19.5. The Morgan fingerprint density at radius 2 is 1.77 bits per heavy atom. The Bertz CT molecular complexity index is 808. The number of hydrogen-bond acceptors (Lipinski definition) is 4. The van der Waals surface area contributed by atoms with Crippen LogP contribution in [0.4, 0.5) is 11.4 Å². The quantitative estimate of drug-likeness (QED) is 0.627. The van der Waals surface area contributed by atoms with Crippen molar-refractivity contribution in [2.75, 3.05) is 5.32 Å². The Morgan fingerprint density at radius 3 is 2.31 bits per heavy atom. The highest BCUT2D eigenvalue weighted by molar-refractivity contribution is 5.95. The van der Waals surface area contributed by atoms with Gasteiger partial charge in [0, 0.05) is 12.1 Å². The third kappa shape index (κ3) is 4.81. The van der Waals surface area contributed by atoms with E-state index in [0.717, 1.165) is 5.56 Å². The fourth-order valence-electron chi connectivity index (χ4n) is 2.38. The number of carbonyl (C=O) groups is 1. The number of aryl methyl sites for hydroxylation is 1. The van der Waals surface area contributed by atoms with Crippen molar-refractivity contribution >= 4 is 17.3 Å². The Balaban J connectivity index is 2.06. The summed E-state index contributed by atoms with van der Waals surface area (Å²) in [4.78, 5) is 22.8. The van der Waals surface area contributed by atoms with E-state index in [-0.39, 0.29) is 17.0 Å². The van der Waals surface area contributed by atoms with Crippen molar-refractivity contribution < 1.29 is 14.5 Å². The highest BCUT2D eigenvalue weighted by Gasteiger charge is 2.18. The van der Waals surface area contributed by atoms with Crippen molar-refractivity contribution in [1.82, 2.24) is 0 Å². The standard InChI is InChI=1S/C20H24N2O4/c1-13-6-9-16(22(24)25)12-18(13)21-19(23)14(2)26-17-10-7-15(8-11-17)20(3,4)5/h6-12,14H,1-5H3,(H,21,23). The molecule has 1 amide bonds. The molecule has 6 nitrogen and oxygen atoms in total. The highest BCUT2D eigenvalue weighted by atomic mass is 16.6. The van der Waals surface area contributed by atoms with Gasteiger partial charge in [-0.1, -0.05) is 39.0 Å². The van der Waals surface area contributed by atoms with Crippen molar-refractivity contribution in [3.05, 3.63) is 63.7 Å². The molecule has 0 aliphatic heterocycles. The van der Waals surface area contributed by atoms with Gasteiger partial charge in [-0.2, -0.15) is 0 Å². The fraction of sp³-hybridized carbons (Fsp3) is 0.350. The number of hydrogen-bond donors (Lipinski definition) is 1. The van der Waals surface area contributed by atoms with Crippen LogP contribution in [0.3, 0.4) is 0 Å². The highest BCUT2D eigenvalue weighted by Crippen LogP contribution is 2.25. The van der Waals surface area contributed by atoms with Crippen molar-refractivity contribution in [2.24, 2.45) is 0 Å². The maximum Gasteiger partial charge on any atom is 0.271 e. The van der Waals surface area contributed by atoms with Gasteiger partial charge in [0.15, 0.2) is 6.10 Å². The third-order valence-corrected chi connectivity index (χ3v) is 4.09. The van der Waals surface area contributed by atoms with E-state index >= 15 is 0 Å². The number of nitro groups is 1. The van der Waals surface area contributed by atoms with Gasteiger partial charge in [0.05, 0.1) is 10.6 Å². The first-order chi connectivity index (χ1) is 12.1. The lowest BCUT2D eigenvalue weighted by Gasteiger charge is -2.20. The molecule has 0 aliphatic rings. The maximum atomic E-state index is 12.4. The zero-order valence-electron chi connectivity index (χ0n) is 15.7. The lowest BCUT2D eigenvalue weighted by atomic mass is 9.87.